The van der Waals surface area contributed by atoms with E-state index in [-0.39, 0.29) is 36.8 Å². The highest BCUT2D eigenvalue weighted by molar-refractivity contribution is 5.94. The first kappa shape index (κ1) is 18.4. The van der Waals surface area contributed by atoms with Crippen LogP contribution in [0.5, 0.6) is 0 Å². The van der Waals surface area contributed by atoms with E-state index in [2.05, 4.69) is 15.4 Å². The number of carbonyl (C=O) groups is 1. The van der Waals surface area contributed by atoms with Crippen molar-refractivity contribution in [3.05, 3.63) is 42.5 Å². The van der Waals surface area contributed by atoms with E-state index in [9.17, 15) is 4.79 Å². The second-order valence-electron chi connectivity index (χ2n) is 4.95. The average molecular weight is 344 g/mol. The molecule has 2 heterocycles. The summed E-state index contributed by atoms with van der Waals surface area (Å²) >= 11 is 0. The van der Waals surface area contributed by atoms with Gasteiger partial charge < -0.3 is 10.2 Å². The SMILES string of the molecule is CN(C(=O)c1cccc(-n2cncn2)c1)C1CCNC1.Cl.Cl. The first-order valence-corrected chi connectivity index (χ1v) is 6.68. The lowest BCUT2D eigenvalue weighted by Gasteiger charge is -2.24. The van der Waals surface area contributed by atoms with Crippen molar-refractivity contribution in [3.8, 4) is 5.69 Å². The molecular weight excluding hydrogens is 325 g/mol. The van der Waals surface area contributed by atoms with Crippen LogP contribution >= 0.6 is 24.8 Å². The van der Waals surface area contributed by atoms with Crippen molar-refractivity contribution in [2.75, 3.05) is 20.1 Å². The van der Waals surface area contributed by atoms with E-state index in [1.54, 1.807) is 11.0 Å². The molecule has 0 spiro atoms. The zero-order valence-corrected chi connectivity index (χ0v) is 13.8. The van der Waals surface area contributed by atoms with Crippen molar-refractivity contribution in [1.82, 2.24) is 25.0 Å². The minimum atomic E-state index is 0. The molecule has 0 saturated carbocycles. The Morgan fingerprint density at radius 3 is 2.86 bits per heavy atom. The van der Waals surface area contributed by atoms with Gasteiger partial charge in [-0.1, -0.05) is 6.07 Å². The molecule has 8 heteroatoms. The van der Waals surface area contributed by atoms with Gasteiger partial charge in [-0.05, 0) is 31.2 Å². The average Bonchev–Trinajstić information content (AvgIpc) is 3.18. The quantitative estimate of drug-likeness (QED) is 0.918. The summed E-state index contributed by atoms with van der Waals surface area (Å²) in [6, 6.07) is 7.72. The van der Waals surface area contributed by atoms with Gasteiger partial charge in [-0.15, -0.1) is 24.8 Å². The van der Waals surface area contributed by atoms with Gasteiger partial charge >= 0.3 is 0 Å². The molecule has 1 aliphatic rings. The molecule has 1 aromatic carbocycles. The molecule has 22 heavy (non-hydrogen) atoms. The van der Waals surface area contributed by atoms with Crippen LogP contribution in [0, 0.1) is 0 Å². The molecule has 1 amide bonds. The van der Waals surface area contributed by atoms with Crippen LogP contribution < -0.4 is 5.32 Å². The maximum atomic E-state index is 12.5. The Balaban J connectivity index is 0.00000121. The van der Waals surface area contributed by atoms with Crippen molar-refractivity contribution in [1.29, 1.82) is 0 Å². The summed E-state index contributed by atoms with van der Waals surface area (Å²) in [6.07, 6.45) is 4.10. The fourth-order valence-electron chi connectivity index (χ4n) is 2.46. The lowest BCUT2D eigenvalue weighted by molar-refractivity contribution is 0.0744. The largest absolute Gasteiger partial charge is 0.337 e. The number of nitrogens with one attached hydrogen (secondary N) is 1. The molecule has 1 fully saturated rings. The van der Waals surface area contributed by atoms with Crippen LogP contribution in [-0.4, -0.2) is 51.8 Å². The second kappa shape index (κ2) is 8.12. The van der Waals surface area contributed by atoms with Crippen LogP contribution in [0.15, 0.2) is 36.9 Å². The number of likely N-dealkylation sites (N-methyl/N-ethyl adjacent to an activating group) is 1. The Labute approximate surface area is 141 Å². The first-order valence-electron chi connectivity index (χ1n) is 6.68. The van der Waals surface area contributed by atoms with Crippen LogP contribution in [-0.2, 0) is 0 Å². The monoisotopic (exact) mass is 343 g/mol. The molecule has 0 aliphatic carbocycles. The van der Waals surface area contributed by atoms with Gasteiger partial charge in [0.1, 0.15) is 12.7 Å². The number of halogens is 2. The maximum absolute atomic E-state index is 12.5. The zero-order valence-electron chi connectivity index (χ0n) is 12.2. The second-order valence-corrected chi connectivity index (χ2v) is 4.95. The highest BCUT2D eigenvalue weighted by Crippen LogP contribution is 2.14. The number of aromatic nitrogens is 3. The van der Waals surface area contributed by atoms with E-state index >= 15 is 0 Å². The van der Waals surface area contributed by atoms with Crippen molar-refractivity contribution in [3.63, 3.8) is 0 Å². The van der Waals surface area contributed by atoms with Gasteiger partial charge in [0.25, 0.3) is 5.91 Å². The van der Waals surface area contributed by atoms with Crippen molar-refractivity contribution < 1.29 is 4.79 Å². The Morgan fingerprint density at radius 1 is 1.41 bits per heavy atom. The molecule has 1 aromatic heterocycles. The van der Waals surface area contributed by atoms with Crippen LogP contribution in [0.3, 0.4) is 0 Å². The van der Waals surface area contributed by atoms with Gasteiger partial charge in [-0.3, -0.25) is 4.79 Å². The Morgan fingerprint density at radius 2 is 2.23 bits per heavy atom. The molecule has 120 valence electrons. The number of amides is 1. The molecule has 3 rings (SSSR count). The van der Waals surface area contributed by atoms with E-state index in [1.165, 1.54) is 6.33 Å². The third kappa shape index (κ3) is 3.76. The van der Waals surface area contributed by atoms with E-state index in [1.807, 2.05) is 36.2 Å². The van der Waals surface area contributed by atoms with Gasteiger partial charge in [0.15, 0.2) is 0 Å². The van der Waals surface area contributed by atoms with Gasteiger partial charge in [0, 0.05) is 25.2 Å². The van der Waals surface area contributed by atoms with Gasteiger partial charge in [0.2, 0.25) is 0 Å². The lowest BCUT2D eigenvalue weighted by atomic mass is 10.1. The van der Waals surface area contributed by atoms with Crippen LogP contribution in [0.1, 0.15) is 16.8 Å². The summed E-state index contributed by atoms with van der Waals surface area (Å²) in [5.41, 5.74) is 1.51. The summed E-state index contributed by atoms with van der Waals surface area (Å²) in [4.78, 5) is 18.2. The minimum absolute atomic E-state index is 0. The molecule has 1 unspecified atom stereocenters. The van der Waals surface area contributed by atoms with Gasteiger partial charge in [0.05, 0.1) is 5.69 Å². The number of benzene rings is 1. The van der Waals surface area contributed by atoms with Crippen LogP contribution in [0.4, 0.5) is 0 Å². The Kier molecular flexibility index (Phi) is 6.80. The lowest BCUT2D eigenvalue weighted by Crippen LogP contribution is -2.38. The summed E-state index contributed by atoms with van der Waals surface area (Å²) in [5, 5.41) is 7.36. The number of nitrogens with zero attached hydrogens (tertiary/aromatic N) is 4. The third-order valence-electron chi connectivity index (χ3n) is 3.68. The number of rotatable bonds is 3. The summed E-state index contributed by atoms with van der Waals surface area (Å²) < 4.78 is 1.65. The van der Waals surface area contributed by atoms with E-state index in [4.69, 9.17) is 0 Å². The first-order chi connectivity index (χ1) is 9.75. The minimum Gasteiger partial charge on any atom is -0.337 e. The fourth-order valence-corrected chi connectivity index (χ4v) is 2.46. The number of hydrogen-bond donors (Lipinski definition) is 1. The zero-order chi connectivity index (χ0) is 13.9. The Bertz CT molecular complexity index is 599. The maximum Gasteiger partial charge on any atom is 0.253 e. The van der Waals surface area contributed by atoms with Crippen molar-refractivity contribution in [2.45, 2.75) is 12.5 Å². The number of hydrogen-bond acceptors (Lipinski definition) is 4. The van der Waals surface area contributed by atoms with Crippen LogP contribution in [0.2, 0.25) is 0 Å². The molecule has 6 nitrogen and oxygen atoms in total. The molecule has 1 atom stereocenters. The third-order valence-corrected chi connectivity index (χ3v) is 3.68. The van der Waals surface area contributed by atoms with Gasteiger partial charge in [-0.2, -0.15) is 5.10 Å². The van der Waals surface area contributed by atoms with Crippen LogP contribution in [0.25, 0.3) is 5.69 Å². The predicted octanol–water partition coefficient (Wildman–Crippen LogP) is 1.54. The summed E-state index contributed by atoms with van der Waals surface area (Å²) in [5.74, 6) is 0.0423. The summed E-state index contributed by atoms with van der Waals surface area (Å²) in [7, 11) is 1.86. The molecule has 0 radical (unpaired) electrons. The van der Waals surface area contributed by atoms with Gasteiger partial charge in [-0.25, -0.2) is 9.67 Å². The summed E-state index contributed by atoms with van der Waals surface area (Å²) in [6.45, 7) is 1.84. The highest BCUT2D eigenvalue weighted by atomic mass is 35.5. The van der Waals surface area contributed by atoms with Crippen molar-refractivity contribution >= 4 is 30.7 Å². The predicted molar refractivity (Wildman–Crippen MR) is 89.2 cm³/mol. The van der Waals surface area contributed by atoms with E-state index < -0.39 is 0 Å². The normalized spacial score (nSPS) is 16.5. The molecule has 1 aliphatic heterocycles. The number of carbonyl (C=O) groups excluding carboxylic acids is 1. The molecular formula is C14H19Cl2N5O. The van der Waals surface area contributed by atoms with E-state index in [0.717, 1.165) is 25.2 Å². The molecule has 2 aromatic rings. The molecule has 0 bridgehead atoms. The Hall–Kier alpha value is -1.63. The molecule has 1 N–H and O–H groups in total. The fraction of sp³-hybridized carbons (Fsp3) is 0.357. The topological polar surface area (TPSA) is 63.1 Å². The van der Waals surface area contributed by atoms with Crippen molar-refractivity contribution in [2.24, 2.45) is 0 Å². The molecule has 1 saturated heterocycles. The van der Waals surface area contributed by atoms with E-state index in [0.29, 0.717) is 5.56 Å². The smallest absolute Gasteiger partial charge is 0.253 e. The highest BCUT2D eigenvalue weighted by Gasteiger charge is 2.24. The standard InChI is InChI=1S/C14H17N5O.2ClH/c1-18(13-5-6-15-8-13)14(20)11-3-2-4-12(7-11)19-10-16-9-17-19;;/h2-4,7,9-10,13,15H,5-6,8H2,1H3;2*1H.